The van der Waals surface area contributed by atoms with E-state index in [-0.39, 0.29) is 11.2 Å². The summed E-state index contributed by atoms with van der Waals surface area (Å²) in [4.78, 5) is 18.4. The summed E-state index contributed by atoms with van der Waals surface area (Å²) in [5.41, 5.74) is 4.55. The Hall–Kier alpha value is -2.27. The second-order valence-corrected chi connectivity index (χ2v) is 7.46. The molecule has 0 spiro atoms. The lowest BCUT2D eigenvalue weighted by Gasteiger charge is -2.10. The van der Waals surface area contributed by atoms with E-state index in [0.717, 1.165) is 23.3 Å². The van der Waals surface area contributed by atoms with Gasteiger partial charge in [-0.25, -0.2) is 4.98 Å². The molecule has 1 aliphatic rings. The third-order valence-corrected chi connectivity index (χ3v) is 5.79. The molecule has 1 atom stereocenters. The fraction of sp³-hybridized carbons (Fsp3) is 0.263. The van der Waals surface area contributed by atoms with Crippen LogP contribution in [0.2, 0.25) is 0 Å². The van der Waals surface area contributed by atoms with Gasteiger partial charge in [-0.15, -0.1) is 11.8 Å². The summed E-state index contributed by atoms with van der Waals surface area (Å²) in [5, 5.41) is 3.00. The quantitative estimate of drug-likeness (QED) is 0.798. The first-order valence-electron chi connectivity index (χ1n) is 8.06. The largest absolute Gasteiger partial charge is 0.348 e. The molecule has 0 saturated heterocycles. The monoisotopic (exact) mass is 337 g/mol. The van der Waals surface area contributed by atoms with Crippen LogP contribution in [0.15, 0.2) is 47.4 Å². The van der Waals surface area contributed by atoms with E-state index in [0.29, 0.717) is 6.54 Å². The lowest BCUT2D eigenvalue weighted by atomic mass is 10.1. The molecular weight excluding hydrogens is 318 g/mol. The molecule has 0 saturated carbocycles. The molecule has 1 N–H and O–H groups in total. The van der Waals surface area contributed by atoms with Crippen molar-refractivity contribution < 1.29 is 4.79 Å². The number of nitrogens with one attached hydrogen (secondary N) is 1. The van der Waals surface area contributed by atoms with Gasteiger partial charge in [-0.3, -0.25) is 4.79 Å². The molecule has 0 fully saturated rings. The minimum Gasteiger partial charge on any atom is -0.348 e. The highest BCUT2D eigenvalue weighted by Gasteiger charge is 2.28. The lowest BCUT2D eigenvalue weighted by Crippen LogP contribution is -2.32. The van der Waals surface area contributed by atoms with E-state index in [1.54, 1.807) is 11.8 Å². The van der Waals surface area contributed by atoms with Crippen LogP contribution in [0.1, 0.15) is 17.0 Å². The molecule has 1 amide bonds. The van der Waals surface area contributed by atoms with Crippen molar-refractivity contribution in [3.8, 4) is 0 Å². The summed E-state index contributed by atoms with van der Waals surface area (Å²) in [6, 6.07) is 14.4. The molecule has 2 heterocycles. The predicted molar refractivity (Wildman–Crippen MR) is 97.1 cm³/mol. The molecule has 0 bridgehead atoms. The smallest absolute Gasteiger partial charge is 0.234 e. The van der Waals surface area contributed by atoms with Gasteiger partial charge in [0, 0.05) is 11.9 Å². The SMILES string of the molecule is Cc1ccc2c(c1)SC(C(=O)NCc1nc3ccccc3n1C)C2. The fourth-order valence-electron chi connectivity index (χ4n) is 3.11. The van der Waals surface area contributed by atoms with Gasteiger partial charge in [0.15, 0.2) is 0 Å². The molecule has 122 valence electrons. The zero-order chi connectivity index (χ0) is 16.7. The van der Waals surface area contributed by atoms with Crippen LogP contribution in [0.5, 0.6) is 0 Å². The number of carbonyl (C=O) groups is 1. The number of rotatable bonds is 3. The number of aromatic nitrogens is 2. The molecule has 2 aromatic carbocycles. The van der Waals surface area contributed by atoms with Crippen molar-refractivity contribution in [3.63, 3.8) is 0 Å². The van der Waals surface area contributed by atoms with Gasteiger partial charge in [-0.1, -0.05) is 29.8 Å². The number of thioether (sulfide) groups is 1. The number of amides is 1. The third kappa shape index (κ3) is 2.69. The Bertz CT molecular complexity index is 932. The summed E-state index contributed by atoms with van der Waals surface area (Å²) < 4.78 is 2.04. The number of para-hydroxylation sites is 2. The molecular formula is C19H19N3OS. The fourth-order valence-corrected chi connectivity index (χ4v) is 4.43. The molecule has 5 heteroatoms. The molecule has 0 aliphatic carbocycles. The summed E-state index contributed by atoms with van der Waals surface area (Å²) in [5.74, 6) is 0.960. The first-order valence-corrected chi connectivity index (χ1v) is 8.94. The van der Waals surface area contributed by atoms with Gasteiger partial charge in [0.1, 0.15) is 5.82 Å². The Kier molecular flexibility index (Phi) is 3.81. The second-order valence-electron chi connectivity index (χ2n) is 6.22. The van der Waals surface area contributed by atoms with Gasteiger partial charge in [0.2, 0.25) is 5.91 Å². The maximum absolute atomic E-state index is 12.5. The molecule has 1 aromatic heterocycles. The maximum atomic E-state index is 12.5. The zero-order valence-corrected chi connectivity index (χ0v) is 14.6. The Labute approximate surface area is 145 Å². The second kappa shape index (κ2) is 5.98. The van der Waals surface area contributed by atoms with Crippen LogP contribution in [0.3, 0.4) is 0 Å². The van der Waals surface area contributed by atoms with Gasteiger partial charge < -0.3 is 9.88 Å². The van der Waals surface area contributed by atoms with Crippen molar-refractivity contribution >= 4 is 28.7 Å². The first kappa shape index (κ1) is 15.3. The number of carbonyl (C=O) groups excluding carboxylic acids is 1. The van der Waals surface area contributed by atoms with Gasteiger partial charge in [0.05, 0.1) is 22.8 Å². The van der Waals surface area contributed by atoms with Crippen molar-refractivity contribution in [2.45, 2.75) is 30.0 Å². The summed E-state index contributed by atoms with van der Waals surface area (Å²) in [6.07, 6.45) is 0.800. The van der Waals surface area contributed by atoms with Gasteiger partial charge >= 0.3 is 0 Å². The van der Waals surface area contributed by atoms with E-state index in [9.17, 15) is 4.79 Å². The van der Waals surface area contributed by atoms with Crippen LogP contribution in [0, 0.1) is 6.92 Å². The summed E-state index contributed by atoms with van der Waals surface area (Å²) in [6.45, 7) is 2.54. The Balaban J connectivity index is 1.44. The maximum Gasteiger partial charge on any atom is 0.234 e. The molecule has 4 nitrogen and oxygen atoms in total. The van der Waals surface area contributed by atoms with Crippen LogP contribution in [-0.4, -0.2) is 20.7 Å². The zero-order valence-electron chi connectivity index (χ0n) is 13.7. The summed E-state index contributed by atoms with van der Waals surface area (Å²) in [7, 11) is 1.99. The van der Waals surface area contributed by atoms with E-state index in [1.807, 2.05) is 35.9 Å². The first-order chi connectivity index (χ1) is 11.6. The van der Waals surface area contributed by atoms with Crippen molar-refractivity contribution in [1.82, 2.24) is 14.9 Å². The number of nitrogens with zero attached hydrogens (tertiary/aromatic N) is 2. The van der Waals surface area contributed by atoms with Crippen molar-refractivity contribution in [3.05, 3.63) is 59.4 Å². The van der Waals surface area contributed by atoms with E-state index in [1.165, 1.54) is 16.0 Å². The highest BCUT2D eigenvalue weighted by Crippen LogP contribution is 2.37. The topological polar surface area (TPSA) is 46.9 Å². The van der Waals surface area contributed by atoms with Crippen LogP contribution in [0.4, 0.5) is 0 Å². The predicted octanol–water partition coefficient (Wildman–Crippen LogP) is 3.21. The minimum absolute atomic E-state index is 0.0449. The van der Waals surface area contributed by atoms with E-state index in [2.05, 4.69) is 35.4 Å². The summed E-state index contributed by atoms with van der Waals surface area (Å²) >= 11 is 1.66. The number of hydrogen-bond donors (Lipinski definition) is 1. The van der Waals surface area contributed by atoms with Crippen LogP contribution in [-0.2, 0) is 24.8 Å². The van der Waals surface area contributed by atoms with Gasteiger partial charge in [-0.2, -0.15) is 0 Å². The third-order valence-electron chi connectivity index (χ3n) is 4.49. The minimum atomic E-state index is -0.0449. The normalized spacial score (nSPS) is 16.3. The molecule has 24 heavy (non-hydrogen) atoms. The van der Waals surface area contributed by atoms with Crippen LogP contribution in [0.25, 0.3) is 11.0 Å². The Morgan fingerprint density at radius 3 is 3.00 bits per heavy atom. The number of fused-ring (bicyclic) bond motifs is 2. The number of aryl methyl sites for hydroxylation is 2. The molecule has 4 rings (SSSR count). The molecule has 1 aliphatic heterocycles. The van der Waals surface area contributed by atoms with E-state index in [4.69, 9.17) is 0 Å². The number of benzene rings is 2. The lowest BCUT2D eigenvalue weighted by molar-refractivity contribution is -0.120. The van der Waals surface area contributed by atoms with Crippen LogP contribution < -0.4 is 5.32 Å². The standard InChI is InChI=1S/C19H19N3OS/c1-12-7-8-13-10-17(24-16(13)9-12)19(23)20-11-18-21-14-5-3-4-6-15(14)22(18)2/h3-9,17H,10-11H2,1-2H3,(H,20,23). The van der Waals surface area contributed by atoms with Gasteiger partial charge in [0.25, 0.3) is 0 Å². The van der Waals surface area contributed by atoms with Crippen molar-refractivity contribution in [1.29, 1.82) is 0 Å². The average Bonchev–Trinajstić information content (AvgIpc) is 3.14. The molecule has 1 unspecified atom stereocenters. The molecule has 0 radical (unpaired) electrons. The van der Waals surface area contributed by atoms with Crippen molar-refractivity contribution in [2.24, 2.45) is 7.05 Å². The van der Waals surface area contributed by atoms with E-state index < -0.39 is 0 Å². The van der Waals surface area contributed by atoms with E-state index >= 15 is 0 Å². The van der Waals surface area contributed by atoms with Crippen LogP contribution >= 0.6 is 11.8 Å². The highest BCUT2D eigenvalue weighted by molar-refractivity contribution is 8.01. The highest BCUT2D eigenvalue weighted by atomic mass is 32.2. The number of hydrogen-bond acceptors (Lipinski definition) is 3. The van der Waals surface area contributed by atoms with Crippen molar-refractivity contribution in [2.75, 3.05) is 0 Å². The average molecular weight is 337 g/mol. The molecule has 3 aromatic rings. The Morgan fingerprint density at radius 2 is 2.17 bits per heavy atom. The Morgan fingerprint density at radius 1 is 1.33 bits per heavy atom. The number of imidazole rings is 1. The van der Waals surface area contributed by atoms with Gasteiger partial charge in [-0.05, 0) is 37.1 Å².